The quantitative estimate of drug-likeness (QED) is 0.801. The third kappa shape index (κ3) is 3.17. The van der Waals surface area contributed by atoms with Crippen LogP contribution in [-0.2, 0) is 6.42 Å². The maximum atomic E-state index is 5.67. The summed E-state index contributed by atoms with van der Waals surface area (Å²) in [6, 6.07) is 11.9. The van der Waals surface area contributed by atoms with Crippen LogP contribution in [0.25, 0.3) is 11.3 Å². The van der Waals surface area contributed by atoms with Gasteiger partial charge in [-0.15, -0.1) is 11.3 Å². The first-order valence-corrected chi connectivity index (χ1v) is 7.30. The van der Waals surface area contributed by atoms with Gasteiger partial charge in [0.05, 0.1) is 23.5 Å². The van der Waals surface area contributed by atoms with Crippen LogP contribution in [0.1, 0.15) is 10.7 Å². The average molecular weight is 298 g/mol. The molecule has 2 aromatic heterocycles. The molecule has 0 saturated heterocycles. The van der Waals surface area contributed by atoms with E-state index in [1.165, 1.54) is 0 Å². The van der Waals surface area contributed by atoms with Crippen molar-refractivity contribution in [2.24, 2.45) is 0 Å². The molecule has 21 heavy (non-hydrogen) atoms. The number of ether oxygens (including phenoxy) is 1. The van der Waals surface area contributed by atoms with Crippen LogP contribution in [0.3, 0.4) is 0 Å². The van der Waals surface area contributed by atoms with Gasteiger partial charge in [0.2, 0.25) is 11.8 Å². The normalized spacial score (nSPS) is 10.5. The van der Waals surface area contributed by atoms with Crippen LogP contribution in [0.5, 0.6) is 5.88 Å². The van der Waals surface area contributed by atoms with E-state index in [1.807, 2.05) is 35.7 Å². The van der Waals surface area contributed by atoms with Gasteiger partial charge in [-0.05, 0) is 0 Å². The number of rotatable bonds is 4. The van der Waals surface area contributed by atoms with E-state index < -0.39 is 0 Å². The molecule has 2 N–H and O–H groups in total. The van der Waals surface area contributed by atoms with Gasteiger partial charge < -0.3 is 10.5 Å². The summed E-state index contributed by atoms with van der Waals surface area (Å²) < 4.78 is 5.10. The molecule has 1 aromatic carbocycles. The SMILES string of the molecule is COc1cc(Cc2nc(-c3ccccc3)cs2)nc(N)n1. The smallest absolute Gasteiger partial charge is 0.223 e. The first-order chi connectivity index (χ1) is 10.2. The van der Waals surface area contributed by atoms with Crippen LogP contribution in [-0.4, -0.2) is 22.1 Å². The van der Waals surface area contributed by atoms with Crippen LogP contribution < -0.4 is 10.5 Å². The van der Waals surface area contributed by atoms with Gasteiger partial charge in [-0.3, -0.25) is 0 Å². The van der Waals surface area contributed by atoms with Gasteiger partial charge in [-0.2, -0.15) is 4.98 Å². The summed E-state index contributed by atoms with van der Waals surface area (Å²) in [5.41, 5.74) is 8.55. The van der Waals surface area contributed by atoms with E-state index >= 15 is 0 Å². The Morgan fingerprint density at radius 2 is 1.95 bits per heavy atom. The van der Waals surface area contributed by atoms with Crippen molar-refractivity contribution < 1.29 is 4.74 Å². The highest BCUT2D eigenvalue weighted by Crippen LogP contribution is 2.23. The van der Waals surface area contributed by atoms with Crippen molar-refractivity contribution in [3.63, 3.8) is 0 Å². The van der Waals surface area contributed by atoms with Crippen LogP contribution >= 0.6 is 11.3 Å². The van der Waals surface area contributed by atoms with Crippen molar-refractivity contribution in [1.82, 2.24) is 15.0 Å². The summed E-state index contributed by atoms with van der Waals surface area (Å²) in [7, 11) is 1.56. The molecule has 0 amide bonds. The summed E-state index contributed by atoms with van der Waals surface area (Å²) in [6.45, 7) is 0. The van der Waals surface area contributed by atoms with Crippen molar-refractivity contribution in [3.05, 3.63) is 52.5 Å². The van der Waals surface area contributed by atoms with Crippen LogP contribution in [0, 0.1) is 0 Å². The molecule has 0 fully saturated rings. The highest BCUT2D eigenvalue weighted by molar-refractivity contribution is 7.10. The number of hydrogen-bond acceptors (Lipinski definition) is 6. The number of anilines is 1. The molecule has 3 rings (SSSR count). The van der Waals surface area contributed by atoms with Gasteiger partial charge in [0.25, 0.3) is 0 Å². The number of hydrogen-bond donors (Lipinski definition) is 1. The number of nitrogens with two attached hydrogens (primary N) is 1. The number of benzene rings is 1. The molecular formula is C15H14N4OS. The summed E-state index contributed by atoms with van der Waals surface area (Å²) in [5.74, 6) is 0.682. The molecule has 0 aliphatic carbocycles. The van der Waals surface area contributed by atoms with Crippen molar-refractivity contribution in [2.75, 3.05) is 12.8 Å². The minimum Gasteiger partial charge on any atom is -0.481 e. The van der Waals surface area contributed by atoms with E-state index in [4.69, 9.17) is 10.5 Å². The monoisotopic (exact) mass is 298 g/mol. The Labute approximate surface area is 126 Å². The number of thiazole rings is 1. The van der Waals surface area contributed by atoms with Gasteiger partial charge in [-0.1, -0.05) is 30.3 Å². The van der Waals surface area contributed by atoms with E-state index in [0.717, 1.165) is 22.0 Å². The summed E-state index contributed by atoms with van der Waals surface area (Å²) in [6.07, 6.45) is 0.612. The Balaban J connectivity index is 1.83. The Morgan fingerprint density at radius 3 is 2.71 bits per heavy atom. The average Bonchev–Trinajstić information content (AvgIpc) is 2.96. The molecule has 0 saturated carbocycles. The maximum Gasteiger partial charge on any atom is 0.223 e. The fourth-order valence-electron chi connectivity index (χ4n) is 1.98. The fraction of sp³-hybridized carbons (Fsp3) is 0.133. The molecule has 3 aromatic rings. The lowest BCUT2D eigenvalue weighted by atomic mass is 10.2. The first kappa shape index (κ1) is 13.5. The molecule has 2 heterocycles. The zero-order chi connectivity index (χ0) is 14.7. The maximum absolute atomic E-state index is 5.67. The molecule has 0 unspecified atom stereocenters. The summed E-state index contributed by atoms with van der Waals surface area (Å²) >= 11 is 1.61. The highest BCUT2D eigenvalue weighted by Gasteiger charge is 2.08. The Bertz CT molecular complexity index is 742. The summed E-state index contributed by atoms with van der Waals surface area (Å²) in [4.78, 5) is 12.8. The lowest BCUT2D eigenvalue weighted by Crippen LogP contribution is -2.02. The highest BCUT2D eigenvalue weighted by atomic mass is 32.1. The lowest BCUT2D eigenvalue weighted by molar-refractivity contribution is 0.397. The zero-order valence-corrected chi connectivity index (χ0v) is 12.3. The standard InChI is InChI=1S/C15H14N4OS/c1-20-13-7-11(17-15(16)19-13)8-14-18-12(9-21-14)10-5-3-2-4-6-10/h2-7,9H,8H2,1H3,(H2,16,17,19). The third-order valence-corrected chi connectivity index (χ3v) is 3.78. The molecule has 0 radical (unpaired) electrons. The second-order valence-corrected chi connectivity index (χ2v) is 5.37. The van der Waals surface area contributed by atoms with Gasteiger partial charge in [0.1, 0.15) is 0 Å². The van der Waals surface area contributed by atoms with Crippen LogP contribution in [0.2, 0.25) is 0 Å². The lowest BCUT2D eigenvalue weighted by Gasteiger charge is -2.03. The predicted octanol–water partition coefficient (Wildman–Crippen LogP) is 2.78. The molecular weight excluding hydrogens is 284 g/mol. The van der Waals surface area contributed by atoms with E-state index in [9.17, 15) is 0 Å². The second-order valence-electron chi connectivity index (χ2n) is 4.43. The largest absolute Gasteiger partial charge is 0.481 e. The van der Waals surface area contributed by atoms with Crippen molar-refractivity contribution in [1.29, 1.82) is 0 Å². The van der Waals surface area contributed by atoms with E-state index in [2.05, 4.69) is 15.0 Å². The molecule has 6 heteroatoms. The van der Waals surface area contributed by atoms with Crippen LogP contribution in [0.15, 0.2) is 41.8 Å². The van der Waals surface area contributed by atoms with Crippen molar-refractivity contribution in [2.45, 2.75) is 6.42 Å². The third-order valence-electron chi connectivity index (χ3n) is 2.94. The topological polar surface area (TPSA) is 73.9 Å². The molecule has 5 nitrogen and oxygen atoms in total. The molecule has 0 atom stereocenters. The second kappa shape index (κ2) is 5.88. The Morgan fingerprint density at radius 1 is 1.14 bits per heavy atom. The van der Waals surface area contributed by atoms with Gasteiger partial charge in [0, 0.05) is 23.4 Å². The fourth-order valence-corrected chi connectivity index (χ4v) is 2.79. The van der Waals surface area contributed by atoms with Crippen molar-refractivity contribution >= 4 is 17.3 Å². The van der Waals surface area contributed by atoms with Crippen molar-refractivity contribution in [3.8, 4) is 17.1 Å². The minimum atomic E-state index is 0.212. The molecule has 0 aliphatic heterocycles. The molecule has 0 spiro atoms. The number of nitrogens with zero attached hydrogens (tertiary/aromatic N) is 3. The van der Waals surface area contributed by atoms with E-state index in [1.54, 1.807) is 24.5 Å². The number of aromatic nitrogens is 3. The summed E-state index contributed by atoms with van der Waals surface area (Å²) in [5, 5.41) is 3.03. The van der Waals surface area contributed by atoms with Gasteiger partial charge in [-0.25, -0.2) is 9.97 Å². The Hall–Kier alpha value is -2.47. The predicted molar refractivity (Wildman–Crippen MR) is 83.4 cm³/mol. The Kier molecular flexibility index (Phi) is 3.79. The molecule has 0 aliphatic rings. The number of methoxy groups -OCH3 is 1. The first-order valence-electron chi connectivity index (χ1n) is 6.42. The van der Waals surface area contributed by atoms with Gasteiger partial charge in [0.15, 0.2) is 0 Å². The van der Waals surface area contributed by atoms with Gasteiger partial charge >= 0.3 is 0 Å². The van der Waals surface area contributed by atoms with E-state index in [-0.39, 0.29) is 5.95 Å². The minimum absolute atomic E-state index is 0.212. The number of nitrogen functional groups attached to an aromatic ring is 1. The molecule has 106 valence electrons. The molecule has 0 bridgehead atoms. The van der Waals surface area contributed by atoms with Crippen LogP contribution in [0.4, 0.5) is 5.95 Å². The zero-order valence-electron chi connectivity index (χ0n) is 11.5. The van der Waals surface area contributed by atoms with E-state index in [0.29, 0.717) is 12.3 Å².